The van der Waals surface area contributed by atoms with Crippen molar-refractivity contribution in [1.29, 1.82) is 0 Å². The van der Waals surface area contributed by atoms with E-state index in [-0.39, 0.29) is 0 Å². The first-order valence-corrected chi connectivity index (χ1v) is 4.93. The van der Waals surface area contributed by atoms with Crippen LogP contribution in [0, 0.1) is 5.41 Å². The first kappa shape index (κ1) is 18.6. The monoisotopic (exact) mass is 324 g/mol. The van der Waals surface area contributed by atoms with Crippen LogP contribution in [-0.2, 0) is 28.7 Å². The molecule has 0 heterocycles. The van der Waals surface area contributed by atoms with Crippen molar-refractivity contribution in [2.75, 3.05) is 0 Å². The second-order valence-electron chi connectivity index (χ2n) is 3.74. The molecule has 6 N–H and O–H groups in total. The molecule has 0 aromatic rings. The van der Waals surface area contributed by atoms with Gasteiger partial charge in [-0.3, -0.25) is 19.2 Å². The molecule has 0 aromatic carbocycles. The molecule has 0 aromatic heterocycles. The molecule has 0 aliphatic heterocycles. The minimum atomic E-state index is -4.43. The Bertz CT molecular complexity index is 506. The van der Waals surface area contributed by atoms with Gasteiger partial charge in [0.25, 0.3) is 5.60 Å². The molecule has 0 saturated heterocycles. The third-order valence-electron chi connectivity index (χ3n) is 2.58. The summed E-state index contributed by atoms with van der Waals surface area (Å²) in [5.41, 5.74) is -8.59. The number of carboxylic acid groups (broad SMARTS) is 6. The summed E-state index contributed by atoms with van der Waals surface area (Å²) >= 11 is 0. The molecular weight excluding hydrogens is 316 g/mol. The maximum atomic E-state index is 11.2. The van der Waals surface area contributed by atoms with E-state index in [0.29, 0.717) is 0 Å². The van der Waals surface area contributed by atoms with Crippen molar-refractivity contribution in [2.45, 2.75) is 12.0 Å². The summed E-state index contributed by atoms with van der Waals surface area (Å²) in [7, 11) is 0. The number of hydrogen-bond acceptors (Lipinski definition) is 7. The van der Waals surface area contributed by atoms with Gasteiger partial charge in [0, 0.05) is 0 Å². The Morgan fingerprint density at radius 3 is 1.23 bits per heavy atom. The van der Waals surface area contributed by atoms with Gasteiger partial charge in [0.2, 0.25) is 0 Å². The van der Waals surface area contributed by atoms with Gasteiger partial charge >= 0.3 is 41.4 Å². The summed E-state index contributed by atoms with van der Waals surface area (Å²) in [6.07, 6.45) is -4.66. The first-order valence-electron chi connectivity index (χ1n) is 4.93. The summed E-state index contributed by atoms with van der Waals surface area (Å²) in [6.45, 7) is 0. The Morgan fingerprint density at radius 2 is 1.05 bits per heavy atom. The molecular formula is C9H8O13. The van der Waals surface area contributed by atoms with Gasteiger partial charge in [-0.25, -0.2) is 9.59 Å². The highest BCUT2D eigenvalue weighted by atomic mass is 16.7. The number of rotatable bonds is 8. The molecule has 0 fully saturated rings. The van der Waals surface area contributed by atoms with Crippen LogP contribution in [0.15, 0.2) is 0 Å². The normalized spacial score (nSPS) is 13.5. The van der Waals surface area contributed by atoms with Crippen LogP contribution >= 0.6 is 0 Å². The first-order chi connectivity index (χ1) is 9.86. The third kappa shape index (κ3) is 2.58. The summed E-state index contributed by atoms with van der Waals surface area (Å²) in [6, 6.07) is 0. The van der Waals surface area contributed by atoms with Crippen molar-refractivity contribution in [3.8, 4) is 0 Å². The Balaban J connectivity index is 6.90. The van der Waals surface area contributed by atoms with Gasteiger partial charge in [-0.05, 0) is 0 Å². The topological polar surface area (TPSA) is 233 Å². The number of carboxylic acids is 5. The van der Waals surface area contributed by atoms with E-state index in [0.717, 1.165) is 0 Å². The van der Waals surface area contributed by atoms with Crippen LogP contribution in [0.25, 0.3) is 0 Å². The van der Waals surface area contributed by atoms with Crippen molar-refractivity contribution in [3.05, 3.63) is 0 Å². The molecule has 0 aliphatic carbocycles. The molecule has 0 spiro atoms. The van der Waals surface area contributed by atoms with Gasteiger partial charge in [0.05, 0.1) is 6.42 Å². The van der Waals surface area contributed by atoms with Gasteiger partial charge in [-0.1, -0.05) is 0 Å². The molecule has 0 amide bonds. The van der Waals surface area contributed by atoms with E-state index in [1.807, 2.05) is 0 Å². The van der Waals surface area contributed by atoms with Gasteiger partial charge in [0.15, 0.2) is 0 Å². The van der Waals surface area contributed by atoms with E-state index < -0.39 is 53.4 Å². The third-order valence-corrected chi connectivity index (χ3v) is 2.58. The molecule has 22 heavy (non-hydrogen) atoms. The number of ether oxygens (including phenoxy) is 1. The largest absolute Gasteiger partial charge is 0.506 e. The fourth-order valence-electron chi connectivity index (χ4n) is 1.68. The summed E-state index contributed by atoms with van der Waals surface area (Å²) < 4.78 is 3.65. The van der Waals surface area contributed by atoms with Crippen LogP contribution in [0.2, 0.25) is 0 Å². The Kier molecular flexibility index (Phi) is 5.03. The summed E-state index contributed by atoms with van der Waals surface area (Å²) in [5, 5.41) is 52.7. The fourth-order valence-corrected chi connectivity index (χ4v) is 1.68. The second kappa shape index (κ2) is 5.94. The van der Waals surface area contributed by atoms with Crippen molar-refractivity contribution < 1.29 is 64.1 Å². The zero-order chi connectivity index (χ0) is 17.9. The molecule has 0 radical (unpaired) electrons. The van der Waals surface area contributed by atoms with Gasteiger partial charge < -0.3 is 35.4 Å². The molecule has 122 valence electrons. The van der Waals surface area contributed by atoms with Crippen LogP contribution in [-0.4, -0.2) is 72.2 Å². The lowest BCUT2D eigenvalue weighted by Gasteiger charge is -2.36. The number of aliphatic carboxylic acids is 5. The molecule has 1 unspecified atom stereocenters. The predicted octanol–water partition coefficient (Wildman–Crippen LogP) is -1.78. The van der Waals surface area contributed by atoms with E-state index in [1.165, 1.54) is 0 Å². The highest BCUT2D eigenvalue weighted by Gasteiger charge is 2.76. The van der Waals surface area contributed by atoms with Crippen molar-refractivity contribution in [3.63, 3.8) is 0 Å². The Hall–Kier alpha value is -3.38. The summed E-state index contributed by atoms with van der Waals surface area (Å²) in [5.74, 6) is -13.4. The van der Waals surface area contributed by atoms with Crippen LogP contribution in [0.3, 0.4) is 0 Å². The van der Waals surface area contributed by atoms with Crippen LogP contribution in [0.5, 0.6) is 0 Å². The van der Waals surface area contributed by atoms with E-state index in [1.54, 1.807) is 0 Å². The molecule has 13 heteroatoms. The van der Waals surface area contributed by atoms with Gasteiger partial charge in [-0.15, -0.1) is 0 Å². The van der Waals surface area contributed by atoms with Crippen LogP contribution in [0.1, 0.15) is 6.42 Å². The zero-order valence-electron chi connectivity index (χ0n) is 10.2. The van der Waals surface area contributed by atoms with Crippen molar-refractivity contribution >= 4 is 36.0 Å². The molecule has 13 nitrogen and oxygen atoms in total. The Morgan fingerprint density at radius 1 is 0.682 bits per heavy atom. The maximum Gasteiger partial charge on any atom is 0.506 e. The smallest absolute Gasteiger partial charge is 0.481 e. The highest BCUT2D eigenvalue weighted by Crippen LogP contribution is 2.40. The van der Waals surface area contributed by atoms with Gasteiger partial charge in [0.1, 0.15) is 0 Å². The minimum absolute atomic E-state index is 2.07. The molecule has 0 aliphatic rings. The quantitative estimate of drug-likeness (QED) is 0.214. The lowest BCUT2D eigenvalue weighted by molar-refractivity contribution is -0.209. The highest BCUT2D eigenvalue weighted by molar-refractivity contribution is 6.21. The summed E-state index contributed by atoms with van der Waals surface area (Å²) in [4.78, 5) is 65.9. The lowest BCUT2D eigenvalue weighted by Crippen LogP contribution is -2.68. The Labute approximate surface area is 119 Å². The minimum Gasteiger partial charge on any atom is -0.481 e. The maximum absolute atomic E-state index is 11.2. The zero-order valence-corrected chi connectivity index (χ0v) is 10.2. The standard InChI is InChI=1S/C9H8O13/c10-2(11)1-8(3(12)13,22-7(20)21)9(4(14)15,5(16)17)6(18)19/h1H2,(H,10,11)(H,12,13)(H,14,15)(H,16,17)(H,18,19)(H,20,21). The van der Waals surface area contributed by atoms with E-state index in [4.69, 9.17) is 30.6 Å². The van der Waals surface area contributed by atoms with Crippen LogP contribution < -0.4 is 0 Å². The molecule has 0 saturated carbocycles. The average molecular weight is 324 g/mol. The fraction of sp³-hybridized carbons (Fsp3) is 0.333. The van der Waals surface area contributed by atoms with Gasteiger partial charge in [-0.2, -0.15) is 0 Å². The average Bonchev–Trinajstić information content (AvgIpc) is 2.24. The lowest BCUT2D eigenvalue weighted by atomic mass is 9.69. The number of carbonyl (C=O) groups is 6. The van der Waals surface area contributed by atoms with Crippen molar-refractivity contribution in [2.24, 2.45) is 5.41 Å². The van der Waals surface area contributed by atoms with Crippen LogP contribution in [0.4, 0.5) is 4.79 Å². The van der Waals surface area contributed by atoms with E-state index in [9.17, 15) is 28.8 Å². The second-order valence-corrected chi connectivity index (χ2v) is 3.74. The molecule has 0 bridgehead atoms. The van der Waals surface area contributed by atoms with E-state index in [2.05, 4.69) is 4.74 Å². The number of hydrogen-bond donors (Lipinski definition) is 6. The van der Waals surface area contributed by atoms with E-state index >= 15 is 0 Å². The molecule has 1 atom stereocenters. The van der Waals surface area contributed by atoms with Crippen molar-refractivity contribution in [1.82, 2.24) is 0 Å². The SMILES string of the molecule is O=C(O)CC(OC(=O)O)(C(=O)O)C(C(=O)O)(C(=O)O)C(=O)O. The predicted molar refractivity (Wildman–Crippen MR) is 57.1 cm³/mol. The molecule has 0 rings (SSSR count).